The zero-order valence-electron chi connectivity index (χ0n) is 8.41. The molecule has 0 unspecified atom stereocenters. The first-order valence-corrected chi connectivity index (χ1v) is 4.46. The number of nitrogens with two attached hydrogens (primary N) is 1. The first-order valence-electron chi connectivity index (χ1n) is 4.46. The fraction of sp³-hybridized carbons (Fsp3) is 0.750. The lowest BCUT2D eigenvalue weighted by Gasteiger charge is -2.13. The van der Waals surface area contributed by atoms with E-state index in [0.29, 0.717) is 0 Å². The third-order valence-electron chi connectivity index (χ3n) is 1.49. The summed E-state index contributed by atoms with van der Waals surface area (Å²) in [6, 6.07) is -0.664. The highest BCUT2D eigenvalue weighted by molar-refractivity contribution is 5.81. The van der Waals surface area contributed by atoms with Crippen molar-refractivity contribution in [2.75, 3.05) is 0 Å². The number of hydrazine groups is 1. The summed E-state index contributed by atoms with van der Waals surface area (Å²) >= 11 is 0. The van der Waals surface area contributed by atoms with Gasteiger partial charge in [-0.15, -0.1) is 0 Å². The molecule has 5 N–H and O–H groups in total. The second kappa shape index (κ2) is 6.33. The Labute approximate surface area is 82.8 Å². The molecule has 0 spiro atoms. The number of carboxylic acid groups (broad SMARTS) is 1. The van der Waals surface area contributed by atoms with Crippen LogP contribution in [0, 0.1) is 0 Å². The van der Waals surface area contributed by atoms with Crippen LogP contribution in [0.25, 0.3) is 0 Å². The number of hydrogen-bond donors (Lipinski definition) is 4. The van der Waals surface area contributed by atoms with Gasteiger partial charge in [-0.05, 0) is 20.3 Å². The summed E-state index contributed by atoms with van der Waals surface area (Å²) in [6.07, 6.45) is 0.0389. The van der Waals surface area contributed by atoms with Crippen LogP contribution in [0.1, 0.15) is 26.7 Å². The van der Waals surface area contributed by atoms with Gasteiger partial charge in [0.15, 0.2) is 0 Å². The van der Waals surface area contributed by atoms with Crippen molar-refractivity contribution in [2.45, 2.75) is 38.8 Å². The van der Waals surface area contributed by atoms with Gasteiger partial charge in [-0.3, -0.25) is 15.0 Å². The Morgan fingerprint density at radius 2 is 2.00 bits per heavy atom. The highest BCUT2D eigenvalue weighted by Gasteiger charge is 2.14. The number of nitrogens with one attached hydrogen (secondary N) is 2. The van der Waals surface area contributed by atoms with E-state index in [1.165, 1.54) is 0 Å². The molecule has 0 heterocycles. The van der Waals surface area contributed by atoms with Gasteiger partial charge in [-0.2, -0.15) is 0 Å². The van der Waals surface area contributed by atoms with Crippen molar-refractivity contribution < 1.29 is 14.7 Å². The summed E-state index contributed by atoms with van der Waals surface area (Å²) in [5.74, 6) is -1.34. The fourth-order valence-corrected chi connectivity index (χ4v) is 0.718. The van der Waals surface area contributed by atoms with Gasteiger partial charge < -0.3 is 10.8 Å². The number of carboxylic acids is 1. The summed E-state index contributed by atoms with van der Waals surface area (Å²) in [7, 11) is 0. The fourth-order valence-electron chi connectivity index (χ4n) is 0.718. The van der Waals surface area contributed by atoms with Gasteiger partial charge in [0, 0.05) is 12.5 Å². The molecule has 1 atom stereocenters. The molecule has 0 saturated carbocycles. The molecular formula is C8H17N3O3. The maximum Gasteiger partial charge on any atom is 0.303 e. The number of carbonyl (C=O) groups is 2. The maximum atomic E-state index is 11.2. The zero-order chi connectivity index (χ0) is 11.1. The average Bonchev–Trinajstić information content (AvgIpc) is 2.09. The Morgan fingerprint density at radius 1 is 1.43 bits per heavy atom. The van der Waals surface area contributed by atoms with Crippen LogP contribution in [0.15, 0.2) is 0 Å². The Balaban J connectivity index is 3.70. The number of carbonyl (C=O) groups excluding carboxylic acids is 1. The van der Waals surface area contributed by atoms with Crippen LogP contribution in [0.4, 0.5) is 0 Å². The minimum Gasteiger partial charge on any atom is -0.481 e. The van der Waals surface area contributed by atoms with Gasteiger partial charge in [0.1, 0.15) is 0 Å². The van der Waals surface area contributed by atoms with E-state index in [4.69, 9.17) is 10.8 Å². The number of aliphatic carboxylic acids is 1. The van der Waals surface area contributed by atoms with Crippen molar-refractivity contribution in [2.24, 2.45) is 5.73 Å². The van der Waals surface area contributed by atoms with E-state index in [2.05, 4.69) is 10.9 Å². The Bertz CT molecular complexity index is 206. The third kappa shape index (κ3) is 6.38. The molecule has 14 heavy (non-hydrogen) atoms. The van der Waals surface area contributed by atoms with Crippen LogP contribution in [0.5, 0.6) is 0 Å². The summed E-state index contributed by atoms with van der Waals surface area (Å²) in [6.45, 7) is 3.73. The predicted octanol–water partition coefficient (Wildman–Crippen LogP) is -0.792. The van der Waals surface area contributed by atoms with Crippen molar-refractivity contribution in [3.63, 3.8) is 0 Å². The zero-order valence-corrected chi connectivity index (χ0v) is 8.41. The van der Waals surface area contributed by atoms with Crippen LogP contribution < -0.4 is 16.6 Å². The molecule has 6 nitrogen and oxygen atoms in total. The average molecular weight is 203 g/mol. The minimum atomic E-state index is -0.954. The lowest BCUT2D eigenvalue weighted by molar-refractivity contribution is -0.137. The van der Waals surface area contributed by atoms with E-state index < -0.39 is 12.0 Å². The van der Waals surface area contributed by atoms with E-state index in [-0.39, 0.29) is 24.8 Å². The molecule has 0 aromatic heterocycles. The number of rotatable bonds is 6. The van der Waals surface area contributed by atoms with Crippen molar-refractivity contribution in [3.8, 4) is 0 Å². The molecule has 0 rings (SSSR count). The molecule has 0 aromatic carbocycles. The van der Waals surface area contributed by atoms with Crippen LogP contribution in [0.2, 0.25) is 0 Å². The lowest BCUT2D eigenvalue weighted by Crippen LogP contribution is -2.49. The van der Waals surface area contributed by atoms with Crippen molar-refractivity contribution in [3.05, 3.63) is 0 Å². The smallest absolute Gasteiger partial charge is 0.303 e. The Morgan fingerprint density at radius 3 is 2.43 bits per heavy atom. The van der Waals surface area contributed by atoms with Crippen molar-refractivity contribution in [1.82, 2.24) is 10.9 Å². The predicted molar refractivity (Wildman–Crippen MR) is 51.3 cm³/mol. The Kier molecular flexibility index (Phi) is 5.82. The third-order valence-corrected chi connectivity index (χ3v) is 1.49. The normalized spacial score (nSPS) is 12.6. The summed E-state index contributed by atoms with van der Waals surface area (Å²) in [5.41, 5.74) is 10.5. The molecule has 0 aliphatic carbocycles. The van der Waals surface area contributed by atoms with Gasteiger partial charge in [-0.25, -0.2) is 5.43 Å². The molecule has 82 valence electrons. The molecule has 0 fully saturated rings. The number of amides is 1. The van der Waals surface area contributed by atoms with Gasteiger partial charge >= 0.3 is 5.97 Å². The molecular weight excluding hydrogens is 186 g/mol. The molecule has 6 heteroatoms. The maximum absolute atomic E-state index is 11.2. The van der Waals surface area contributed by atoms with Crippen molar-refractivity contribution in [1.29, 1.82) is 0 Å². The van der Waals surface area contributed by atoms with Crippen LogP contribution in [-0.4, -0.2) is 29.1 Å². The highest BCUT2D eigenvalue weighted by Crippen LogP contribution is 1.93. The van der Waals surface area contributed by atoms with Gasteiger partial charge in [0.2, 0.25) is 0 Å². The quantitative estimate of drug-likeness (QED) is 0.423. The molecule has 0 aliphatic heterocycles. The van der Waals surface area contributed by atoms with E-state index in [9.17, 15) is 9.59 Å². The summed E-state index contributed by atoms with van der Waals surface area (Å²) in [4.78, 5) is 21.4. The highest BCUT2D eigenvalue weighted by atomic mass is 16.4. The van der Waals surface area contributed by atoms with Crippen LogP contribution in [-0.2, 0) is 9.59 Å². The van der Waals surface area contributed by atoms with Crippen molar-refractivity contribution >= 4 is 11.9 Å². The molecule has 0 saturated heterocycles. The van der Waals surface area contributed by atoms with Gasteiger partial charge in [0.05, 0.1) is 6.04 Å². The molecule has 1 amide bonds. The Hall–Kier alpha value is -1.14. The second-order valence-electron chi connectivity index (χ2n) is 3.33. The standard InChI is InChI=1S/C8H17N3O3/c1-5(2)10-11-8(14)6(9)3-4-7(12)13/h5-6,10H,3-4,9H2,1-2H3,(H,11,14)(H,12,13)/t6-/m0/s1. The van der Waals surface area contributed by atoms with E-state index >= 15 is 0 Å². The largest absolute Gasteiger partial charge is 0.481 e. The molecule has 0 aliphatic rings. The van der Waals surface area contributed by atoms with Gasteiger partial charge in [0.25, 0.3) is 5.91 Å². The molecule has 0 radical (unpaired) electrons. The minimum absolute atomic E-state index is 0.101. The van der Waals surface area contributed by atoms with E-state index in [1.807, 2.05) is 13.8 Å². The lowest BCUT2D eigenvalue weighted by atomic mass is 10.1. The van der Waals surface area contributed by atoms with Crippen LogP contribution in [0.3, 0.4) is 0 Å². The SMILES string of the molecule is CC(C)NNC(=O)[C@@H](N)CCC(=O)O. The second-order valence-corrected chi connectivity index (χ2v) is 3.33. The topological polar surface area (TPSA) is 104 Å². The first-order chi connectivity index (χ1) is 6.43. The number of hydrogen-bond acceptors (Lipinski definition) is 4. The van der Waals surface area contributed by atoms with Gasteiger partial charge in [-0.1, -0.05) is 0 Å². The first kappa shape index (κ1) is 12.9. The molecule has 0 aromatic rings. The summed E-state index contributed by atoms with van der Waals surface area (Å²) in [5, 5.41) is 8.36. The van der Waals surface area contributed by atoms with E-state index in [0.717, 1.165) is 0 Å². The molecule has 0 bridgehead atoms. The van der Waals surface area contributed by atoms with E-state index in [1.54, 1.807) is 0 Å². The van der Waals surface area contributed by atoms with Crippen LogP contribution >= 0.6 is 0 Å². The summed E-state index contributed by atoms with van der Waals surface area (Å²) < 4.78 is 0. The monoisotopic (exact) mass is 203 g/mol.